The summed E-state index contributed by atoms with van der Waals surface area (Å²) in [5.41, 5.74) is 2.23. The molecule has 0 saturated carbocycles. The normalized spacial score (nSPS) is 19.4. The van der Waals surface area contributed by atoms with Crippen molar-refractivity contribution in [1.82, 2.24) is 15.0 Å². The van der Waals surface area contributed by atoms with Gasteiger partial charge in [-0.15, -0.1) is 0 Å². The van der Waals surface area contributed by atoms with E-state index in [1.807, 2.05) is 5.38 Å². The summed E-state index contributed by atoms with van der Waals surface area (Å²) in [6.07, 6.45) is 1.69. The molecule has 3 rings (SSSR count). The lowest BCUT2D eigenvalue weighted by Crippen LogP contribution is -2.21. The van der Waals surface area contributed by atoms with Crippen molar-refractivity contribution >= 4 is 17.2 Å². The molecular weight excluding hydrogens is 262 g/mol. The first-order valence-electron chi connectivity index (χ1n) is 6.34. The third-order valence-electron chi connectivity index (χ3n) is 3.53. The highest BCUT2D eigenvalue weighted by Gasteiger charge is 2.35. The maximum atomic E-state index is 11.9. The Morgan fingerprint density at radius 3 is 3.05 bits per heavy atom. The molecule has 0 bridgehead atoms. The molecular formula is C13H15N3O2S. The number of likely N-dealkylation sites (tertiary alicyclic amines) is 1. The van der Waals surface area contributed by atoms with Crippen molar-refractivity contribution in [1.29, 1.82) is 0 Å². The number of carbonyl (C=O) groups is 1. The molecule has 0 radical (unpaired) electrons. The highest BCUT2D eigenvalue weighted by molar-refractivity contribution is 7.08. The molecule has 1 aliphatic heterocycles. The molecule has 1 atom stereocenters. The molecule has 1 amide bonds. The molecule has 1 fully saturated rings. The molecule has 0 spiro atoms. The van der Waals surface area contributed by atoms with Gasteiger partial charge >= 0.3 is 0 Å². The molecule has 0 aliphatic carbocycles. The van der Waals surface area contributed by atoms with E-state index in [4.69, 9.17) is 4.52 Å². The quantitative estimate of drug-likeness (QED) is 0.863. The number of nitrogens with zero attached hydrogens (tertiary/aromatic N) is 3. The monoisotopic (exact) mass is 277 g/mol. The zero-order chi connectivity index (χ0) is 13.4. The summed E-state index contributed by atoms with van der Waals surface area (Å²) in [6.45, 7) is 2.85. The van der Waals surface area contributed by atoms with Gasteiger partial charge in [-0.1, -0.05) is 12.1 Å². The second-order valence-corrected chi connectivity index (χ2v) is 5.47. The third-order valence-corrected chi connectivity index (χ3v) is 4.32. The lowest BCUT2D eigenvalue weighted by molar-refractivity contribution is -0.128. The van der Waals surface area contributed by atoms with E-state index < -0.39 is 0 Å². The lowest BCUT2D eigenvalue weighted by Gasteiger charge is -2.06. The minimum atomic E-state index is -0.269. The van der Waals surface area contributed by atoms with Crippen LogP contribution < -0.4 is 0 Å². The first-order valence-corrected chi connectivity index (χ1v) is 7.29. The Labute approximate surface area is 115 Å². The fourth-order valence-corrected chi connectivity index (χ4v) is 3.25. The average Bonchev–Trinajstić information content (AvgIpc) is 3.10. The van der Waals surface area contributed by atoms with Crippen molar-refractivity contribution in [2.75, 3.05) is 13.6 Å². The number of hydrogen-bond donors (Lipinski definition) is 0. The van der Waals surface area contributed by atoms with Gasteiger partial charge in [0, 0.05) is 24.5 Å². The lowest BCUT2D eigenvalue weighted by atomic mass is 10.1. The van der Waals surface area contributed by atoms with Gasteiger partial charge in [-0.3, -0.25) is 4.79 Å². The van der Waals surface area contributed by atoms with E-state index in [2.05, 4.69) is 22.4 Å². The molecule has 0 N–H and O–H groups in total. The number of likely N-dealkylation sites (N-methyl/N-ethyl adjacent to an activating group) is 1. The van der Waals surface area contributed by atoms with Crippen molar-refractivity contribution in [3.05, 3.63) is 22.2 Å². The number of aromatic nitrogens is 2. The first-order chi connectivity index (χ1) is 9.20. The zero-order valence-electron chi connectivity index (χ0n) is 10.9. The minimum absolute atomic E-state index is 0.0660. The Bertz CT molecular complexity index is 605. The van der Waals surface area contributed by atoms with Gasteiger partial charge in [0.05, 0.1) is 0 Å². The third kappa shape index (κ3) is 2.06. The number of aryl methyl sites for hydroxylation is 1. The van der Waals surface area contributed by atoms with Crippen LogP contribution in [0.3, 0.4) is 0 Å². The van der Waals surface area contributed by atoms with Gasteiger partial charge in [0.1, 0.15) is 5.92 Å². The Morgan fingerprint density at radius 2 is 2.37 bits per heavy atom. The molecule has 1 unspecified atom stereocenters. The number of thiophene rings is 1. The summed E-state index contributed by atoms with van der Waals surface area (Å²) in [7, 11) is 1.80. The van der Waals surface area contributed by atoms with Crippen LogP contribution in [0.25, 0.3) is 11.4 Å². The van der Waals surface area contributed by atoms with Gasteiger partial charge in [0.2, 0.25) is 17.6 Å². The van der Waals surface area contributed by atoms with Crippen LogP contribution in [-0.2, 0) is 11.2 Å². The summed E-state index contributed by atoms with van der Waals surface area (Å²) in [5, 5.41) is 8.14. The molecule has 3 heterocycles. The molecule has 2 aromatic heterocycles. The standard InChI is InChI=1S/C13H15N3O2S/c1-3-8-6-19-7-10(8)11-14-12(18-15-11)9-4-5-16(2)13(9)17/h6-7,9H,3-5H2,1-2H3. The molecule has 1 aliphatic rings. The largest absolute Gasteiger partial charge is 0.345 e. The van der Waals surface area contributed by atoms with E-state index in [1.54, 1.807) is 23.3 Å². The fraction of sp³-hybridized carbons (Fsp3) is 0.462. The van der Waals surface area contributed by atoms with Crippen molar-refractivity contribution in [3.63, 3.8) is 0 Å². The molecule has 2 aromatic rings. The van der Waals surface area contributed by atoms with Gasteiger partial charge < -0.3 is 9.42 Å². The maximum absolute atomic E-state index is 11.9. The minimum Gasteiger partial charge on any atom is -0.345 e. The number of amides is 1. The molecule has 19 heavy (non-hydrogen) atoms. The fourth-order valence-electron chi connectivity index (χ4n) is 2.33. The van der Waals surface area contributed by atoms with Crippen LogP contribution >= 0.6 is 11.3 Å². The Kier molecular flexibility index (Phi) is 3.10. The second-order valence-electron chi connectivity index (χ2n) is 4.72. The molecule has 1 saturated heterocycles. The van der Waals surface area contributed by atoms with Crippen molar-refractivity contribution < 1.29 is 9.32 Å². The number of hydrogen-bond acceptors (Lipinski definition) is 5. The van der Waals surface area contributed by atoms with E-state index in [9.17, 15) is 4.79 Å². The Balaban J connectivity index is 1.90. The van der Waals surface area contributed by atoms with E-state index in [-0.39, 0.29) is 11.8 Å². The van der Waals surface area contributed by atoms with Crippen LogP contribution in [0.15, 0.2) is 15.3 Å². The van der Waals surface area contributed by atoms with Crippen LogP contribution in [0.2, 0.25) is 0 Å². The van der Waals surface area contributed by atoms with Gasteiger partial charge in [-0.2, -0.15) is 16.3 Å². The highest BCUT2D eigenvalue weighted by atomic mass is 32.1. The topological polar surface area (TPSA) is 59.2 Å². The molecule has 100 valence electrons. The SMILES string of the molecule is CCc1cscc1-c1noc(C2CCN(C)C2=O)n1. The summed E-state index contributed by atoms with van der Waals surface area (Å²) in [6, 6.07) is 0. The summed E-state index contributed by atoms with van der Waals surface area (Å²) in [4.78, 5) is 18.0. The van der Waals surface area contributed by atoms with Crippen molar-refractivity contribution in [2.24, 2.45) is 0 Å². The van der Waals surface area contributed by atoms with Crippen molar-refractivity contribution in [2.45, 2.75) is 25.7 Å². The summed E-state index contributed by atoms with van der Waals surface area (Å²) < 4.78 is 5.29. The van der Waals surface area contributed by atoms with Gasteiger partial charge in [-0.05, 0) is 23.8 Å². The molecule has 5 nitrogen and oxygen atoms in total. The van der Waals surface area contributed by atoms with E-state index in [1.165, 1.54) is 5.56 Å². The van der Waals surface area contributed by atoms with Crippen LogP contribution in [-0.4, -0.2) is 34.5 Å². The predicted molar refractivity (Wildman–Crippen MR) is 72.0 cm³/mol. The smallest absolute Gasteiger partial charge is 0.239 e. The zero-order valence-corrected chi connectivity index (χ0v) is 11.7. The highest BCUT2D eigenvalue weighted by Crippen LogP contribution is 2.30. The van der Waals surface area contributed by atoms with Gasteiger partial charge in [0.15, 0.2) is 0 Å². The average molecular weight is 277 g/mol. The number of rotatable bonds is 3. The summed E-state index contributed by atoms with van der Waals surface area (Å²) in [5.74, 6) is 0.833. The van der Waals surface area contributed by atoms with Crippen LogP contribution in [0, 0.1) is 0 Å². The maximum Gasteiger partial charge on any atom is 0.239 e. The van der Waals surface area contributed by atoms with Gasteiger partial charge in [0.25, 0.3) is 0 Å². The van der Waals surface area contributed by atoms with Crippen molar-refractivity contribution in [3.8, 4) is 11.4 Å². The molecule has 6 heteroatoms. The van der Waals surface area contributed by atoms with Crippen LogP contribution in [0.1, 0.15) is 30.7 Å². The van der Waals surface area contributed by atoms with E-state index >= 15 is 0 Å². The van der Waals surface area contributed by atoms with Gasteiger partial charge in [-0.25, -0.2) is 0 Å². The predicted octanol–water partition coefficient (Wildman–Crippen LogP) is 2.31. The second kappa shape index (κ2) is 4.77. The summed E-state index contributed by atoms with van der Waals surface area (Å²) >= 11 is 1.63. The van der Waals surface area contributed by atoms with E-state index in [0.717, 1.165) is 24.9 Å². The van der Waals surface area contributed by atoms with Crippen LogP contribution in [0.5, 0.6) is 0 Å². The number of carbonyl (C=O) groups excluding carboxylic acids is 1. The van der Waals surface area contributed by atoms with Crippen LogP contribution in [0.4, 0.5) is 0 Å². The first kappa shape index (κ1) is 12.3. The Hall–Kier alpha value is -1.69. The molecule has 0 aromatic carbocycles. The van der Waals surface area contributed by atoms with E-state index in [0.29, 0.717) is 11.7 Å². The Morgan fingerprint density at radius 1 is 1.53 bits per heavy atom.